The number of amides is 2. The summed E-state index contributed by atoms with van der Waals surface area (Å²) in [7, 11) is 0. The number of imidazole rings is 1. The third-order valence-corrected chi connectivity index (χ3v) is 5.95. The molecule has 36 heavy (non-hydrogen) atoms. The lowest BCUT2D eigenvalue weighted by molar-refractivity contribution is 0.0237. The van der Waals surface area contributed by atoms with Crippen LogP contribution in [0.15, 0.2) is 54.6 Å². The van der Waals surface area contributed by atoms with Crippen LogP contribution in [0.3, 0.4) is 0 Å². The van der Waals surface area contributed by atoms with Crippen molar-refractivity contribution in [1.29, 1.82) is 0 Å². The van der Waals surface area contributed by atoms with Gasteiger partial charge in [0.15, 0.2) is 11.3 Å². The first-order valence-electron chi connectivity index (χ1n) is 11.9. The van der Waals surface area contributed by atoms with E-state index in [1.165, 1.54) is 0 Å². The number of H-pyrrole nitrogens is 1. The van der Waals surface area contributed by atoms with Crippen molar-refractivity contribution in [3.05, 3.63) is 71.5 Å². The average Bonchev–Trinajstić information content (AvgIpc) is 3.26. The largest absolute Gasteiger partial charge is 0.457 e. The lowest BCUT2D eigenvalue weighted by Gasteiger charge is -2.26. The van der Waals surface area contributed by atoms with Gasteiger partial charge in [-0.2, -0.15) is 0 Å². The van der Waals surface area contributed by atoms with Crippen LogP contribution in [0.2, 0.25) is 0 Å². The summed E-state index contributed by atoms with van der Waals surface area (Å²) in [4.78, 5) is 31.8. The van der Waals surface area contributed by atoms with E-state index < -0.39 is 11.5 Å². The second kappa shape index (κ2) is 9.07. The Bertz CT molecular complexity index is 1410. The van der Waals surface area contributed by atoms with Crippen molar-refractivity contribution in [3.8, 4) is 22.8 Å². The summed E-state index contributed by atoms with van der Waals surface area (Å²) < 4.78 is 13.1. The monoisotopic (exact) mass is 487 g/mol. The zero-order valence-corrected chi connectivity index (χ0v) is 20.6. The third kappa shape index (κ3) is 4.64. The highest BCUT2D eigenvalue weighted by Gasteiger charge is 2.30. The van der Waals surface area contributed by atoms with Crippen molar-refractivity contribution in [2.24, 2.45) is 5.73 Å². The fourth-order valence-corrected chi connectivity index (χ4v) is 4.37. The number of fused-ring (bicyclic) bond motifs is 3. The molecule has 4 aromatic rings. The average molecular weight is 488 g/mol. The molecule has 0 spiro atoms. The number of nitrogens with one attached hydrogen (secondary N) is 1. The summed E-state index contributed by atoms with van der Waals surface area (Å²) in [6, 6.07) is 16.8. The number of rotatable bonds is 4. The summed E-state index contributed by atoms with van der Waals surface area (Å²) in [6.45, 7) is 6.44. The fourth-order valence-electron chi connectivity index (χ4n) is 4.37. The van der Waals surface area contributed by atoms with E-state index in [2.05, 4.69) is 5.10 Å². The molecule has 0 fully saturated rings. The number of nitrogens with two attached hydrogens (primary N) is 1. The minimum absolute atomic E-state index is 0.263. The maximum atomic E-state index is 12.8. The summed E-state index contributed by atoms with van der Waals surface area (Å²) in [5.41, 5.74) is 9.04. The van der Waals surface area contributed by atoms with E-state index in [4.69, 9.17) is 20.2 Å². The van der Waals surface area contributed by atoms with Crippen molar-refractivity contribution in [1.82, 2.24) is 19.5 Å². The Balaban J connectivity index is 1.49. The van der Waals surface area contributed by atoms with Crippen molar-refractivity contribution >= 4 is 17.6 Å². The Morgan fingerprint density at radius 3 is 2.39 bits per heavy atom. The molecule has 3 heterocycles. The molecular formula is C27H29N5O4. The minimum atomic E-state index is -0.595. The van der Waals surface area contributed by atoms with Crippen molar-refractivity contribution in [2.75, 3.05) is 6.54 Å². The molecule has 2 aromatic carbocycles. The molecule has 0 radical (unpaired) electrons. The number of carbonyl (C=O) groups excluding carboxylic acids is 2. The molecule has 0 atom stereocenters. The van der Waals surface area contributed by atoms with E-state index in [0.29, 0.717) is 30.2 Å². The van der Waals surface area contributed by atoms with E-state index in [0.717, 1.165) is 35.4 Å². The lowest BCUT2D eigenvalue weighted by Crippen LogP contribution is -2.36. The van der Waals surface area contributed by atoms with Crippen LogP contribution in [0.1, 0.15) is 48.9 Å². The molecule has 2 aromatic heterocycles. The molecule has 0 saturated carbocycles. The number of aromatic nitrogens is 3. The summed E-state index contributed by atoms with van der Waals surface area (Å²) in [5, 5.41) is 3.30. The number of aromatic amines is 1. The quantitative estimate of drug-likeness (QED) is 0.425. The maximum Gasteiger partial charge on any atom is 0.410 e. The van der Waals surface area contributed by atoms with E-state index in [9.17, 15) is 9.59 Å². The van der Waals surface area contributed by atoms with E-state index >= 15 is 0 Å². The molecule has 0 aliphatic carbocycles. The van der Waals surface area contributed by atoms with E-state index in [1.54, 1.807) is 9.42 Å². The second-order valence-electron chi connectivity index (χ2n) is 9.85. The van der Waals surface area contributed by atoms with Gasteiger partial charge in [0.25, 0.3) is 5.91 Å². The summed E-state index contributed by atoms with van der Waals surface area (Å²) in [5.74, 6) is 0.801. The van der Waals surface area contributed by atoms with Crippen LogP contribution in [-0.4, -0.2) is 43.6 Å². The number of hydrogen-bond acceptors (Lipinski definition) is 5. The van der Waals surface area contributed by atoms with Crippen LogP contribution >= 0.6 is 0 Å². The number of benzene rings is 2. The van der Waals surface area contributed by atoms with E-state index in [1.807, 2.05) is 75.4 Å². The topological polar surface area (TPSA) is 115 Å². The smallest absolute Gasteiger partial charge is 0.410 e. The van der Waals surface area contributed by atoms with Gasteiger partial charge in [-0.1, -0.05) is 18.2 Å². The molecule has 3 N–H and O–H groups in total. The zero-order chi connectivity index (χ0) is 25.4. The number of nitrogens with zero attached hydrogens (tertiary/aromatic N) is 3. The molecule has 0 bridgehead atoms. The van der Waals surface area contributed by atoms with Crippen LogP contribution in [0.5, 0.6) is 11.5 Å². The number of aryl methyl sites for hydroxylation is 1. The molecule has 186 valence electrons. The Morgan fingerprint density at radius 2 is 1.72 bits per heavy atom. The Hall–Kier alpha value is -4.27. The Morgan fingerprint density at radius 1 is 1.03 bits per heavy atom. The Labute approximate surface area is 208 Å². The van der Waals surface area contributed by atoms with Gasteiger partial charge in [-0.25, -0.2) is 14.3 Å². The molecule has 1 aliphatic heterocycles. The fraction of sp³-hybridized carbons (Fsp3) is 0.296. The molecule has 0 saturated heterocycles. The van der Waals surface area contributed by atoms with Crippen LogP contribution in [0, 0.1) is 0 Å². The number of ether oxygens (including phenoxy) is 2. The predicted octanol–water partition coefficient (Wildman–Crippen LogP) is 4.90. The first kappa shape index (κ1) is 23.5. The zero-order valence-electron chi connectivity index (χ0n) is 20.6. The summed E-state index contributed by atoms with van der Waals surface area (Å²) in [6.07, 6.45) is 1.11. The van der Waals surface area contributed by atoms with Gasteiger partial charge in [-0.3, -0.25) is 9.89 Å². The van der Waals surface area contributed by atoms with Gasteiger partial charge < -0.3 is 20.1 Å². The molecule has 0 unspecified atom stereocenters. The minimum Gasteiger partial charge on any atom is -0.457 e. The van der Waals surface area contributed by atoms with Gasteiger partial charge in [0.2, 0.25) is 0 Å². The van der Waals surface area contributed by atoms with Gasteiger partial charge >= 0.3 is 6.09 Å². The van der Waals surface area contributed by atoms with Crippen LogP contribution < -0.4 is 10.5 Å². The van der Waals surface area contributed by atoms with Gasteiger partial charge in [0, 0.05) is 23.4 Å². The van der Waals surface area contributed by atoms with Crippen molar-refractivity contribution < 1.29 is 19.1 Å². The van der Waals surface area contributed by atoms with Gasteiger partial charge in [0.1, 0.15) is 22.8 Å². The van der Waals surface area contributed by atoms with E-state index in [-0.39, 0.29) is 11.8 Å². The van der Waals surface area contributed by atoms with Crippen LogP contribution in [0.4, 0.5) is 4.79 Å². The highest BCUT2D eigenvalue weighted by molar-refractivity contribution is 5.98. The molecule has 5 rings (SSSR count). The highest BCUT2D eigenvalue weighted by Crippen LogP contribution is 2.31. The Kier molecular flexibility index (Phi) is 5.91. The van der Waals surface area contributed by atoms with Gasteiger partial charge in [-0.05, 0) is 70.0 Å². The second-order valence-corrected chi connectivity index (χ2v) is 9.85. The first-order chi connectivity index (χ1) is 17.2. The number of carbonyl (C=O) groups is 2. The van der Waals surface area contributed by atoms with Crippen molar-refractivity contribution in [3.63, 3.8) is 0 Å². The maximum absolute atomic E-state index is 12.8. The summed E-state index contributed by atoms with van der Waals surface area (Å²) >= 11 is 0. The SMILES string of the molecule is CC(C)(C)OC(=O)N1CCCc2[nH]n3c(C(N)=O)c(-c4ccc(Oc5ccccc5)cc4)nc3c2C1. The normalized spacial score (nSPS) is 13.8. The number of para-hydroxylation sites is 1. The number of primary amides is 1. The highest BCUT2D eigenvalue weighted by atomic mass is 16.6. The van der Waals surface area contributed by atoms with Gasteiger partial charge in [0.05, 0.1) is 6.54 Å². The third-order valence-electron chi connectivity index (χ3n) is 5.95. The molecule has 2 amide bonds. The van der Waals surface area contributed by atoms with Gasteiger partial charge in [-0.15, -0.1) is 0 Å². The molecule has 1 aliphatic rings. The molecule has 9 nitrogen and oxygen atoms in total. The van der Waals surface area contributed by atoms with Crippen LogP contribution in [0.25, 0.3) is 16.9 Å². The number of hydrogen-bond donors (Lipinski definition) is 2. The standard InChI is InChI=1S/C27H29N5O4/c1-27(2,3)36-26(34)31-15-7-10-21-20(16-31)25-29-22(23(24(28)33)32(25)30-21)17-11-13-19(14-12-17)35-18-8-5-4-6-9-18/h4-6,8-9,11-14,30H,7,10,15-16H2,1-3H3,(H2,28,33). The van der Waals surface area contributed by atoms with Crippen LogP contribution in [-0.2, 0) is 17.7 Å². The predicted molar refractivity (Wildman–Crippen MR) is 135 cm³/mol. The molecular weight excluding hydrogens is 458 g/mol. The van der Waals surface area contributed by atoms with Crippen molar-refractivity contribution in [2.45, 2.75) is 45.8 Å². The first-order valence-corrected chi connectivity index (χ1v) is 11.9. The lowest BCUT2D eigenvalue weighted by atomic mass is 10.1. The molecule has 9 heteroatoms.